The summed E-state index contributed by atoms with van der Waals surface area (Å²) in [4.78, 5) is 23.1. The number of benzene rings is 1. The molecule has 0 bridgehead atoms. The van der Waals surface area contributed by atoms with Crippen LogP contribution in [-0.4, -0.2) is 17.8 Å². The van der Waals surface area contributed by atoms with Gasteiger partial charge in [0.05, 0.1) is 11.5 Å². The molecule has 5 heteroatoms. The van der Waals surface area contributed by atoms with Crippen molar-refractivity contribution in [1.82, 2.24) is 5.32 Å². The first-order valence-corrected chi connectivity index (χ1v) is 7.99. The lowest BCUT2D eigenvalue weighted by Gasteiger charge is -2.09. The van der Waals surface area contributed by atoms with Crippen molar-refractivity contribution in [3.8, 4) is 5.75 Å². The van der Waals surface area contributed by atoms with Crippen LogP contribution in [0.25, 0.3) is 6.08 Å². The summed E-state index contributed by atoms with van der Waals surface area (Å²) < 4.78 is 5.79. The van der Waals surface area contributed by atoms with Crippen LogP contribution in [0.15, 0.2) is 29.2 Å². The Bertz CT molecular complexity index is 554. The van der Waals surface area contributed by atoms with E-state index in [0.717, 1.165) is 35.9 Å². The number of para-hydroxylation sites is 1. The van der Waals surface area contributed by atoms with Crippen LogP contribution < -0.4 is 10.1 Å². The number of rotatable bonds is 7. The minimum Gasteiger partial charge on any atom is -0.493 e. The van der Waals surface area contributed by atoms with Gasteiger partial charge >= 0.3 is 0 Å². The fraction of sp³-hybridized carbons (Fsp3) is 0.375. The van der Waals surface area contributed by atoms with E-state index in [0.29, 0.717) is 11.5 Å². The lowest BCUT2D eigenvalue weighted by Crippen LogP contribution is -2.17. The van der Waals surface area contributed by atoms with Crippen LogP contribution in [0.5, 0.6) is 5.75 Å². The predicted molar refractivity (Wildman–Crippen MR) is 85.2 cm³/mol. The summed E-state index contributed by atoms with van der Waals surface area (Å²) in [6, 6.07) is 7.54. The maximum absolute atomic E-state index is 11.6. The second-order valence-corrected chi connectivity index (χ2v) is 5.81. The number of imide groups is 1. The minimum atomic E-state index is -0.345. The third-order valence-corrected chi connectivity index (χ3v) is 3.91. The number of ether oxygens (including phenoxy) is 1. The van der Waals surface area contributed by atoms with Gasteiger partial charge in [0, 0.05) is 5.56 Å². The topological polar surface area (TPSA) is 55.4 Å². The van der Waals surface area contributed by atoms with Gasteiger partial charge in [0.15, 0.2) is 0 Å². The van der Waals surface area contributed by atoms with Gasteiger partial charge in [0.1, 0.15) is 5.75 Å². The number of carbonyl (C=O) groups excluding carboxylic acids is 2. The van der Waals surface area contributed by atoms with E-state index in [2.05, 4.69) is 12.2 Å². The van der Waals surface area contributed by atoms with Gasteiger partial charge in [-0.2, -0.15) is 0 Å². The van der Waals surface area contributed by atoms with Crippen LogP contribution >= 0.6 is 11.8 Å². The number of unbranched alkanes of at least 4 members (excludes halogenated alkanes) is 3. The molecule has 0 aromatic heterocycles. The second kappa shape index (κ2) is 7.88. The molecule has 1 saturated heterocycles. The molecular weight excluding hydrogens is 286 g/mol. The summed E-state index contributed by atoms with van der Waals surface area (Å²) in [7, 11) is 0. The third-order valence-electron chi connectivity index (χ3n) is 3.10. The average Bonchev–Trinajstić information content (AvgIpc) is 2.78. The van der Waals surface area contributed by atoms with Crippen LogP contribution in [-0.2, 0) is 4.79 Å². The molecule has 0 saturated carbocycles. The third kappa shape index (κ3) is 4.63. The summed E-state index contributed by atoms with van der Waals surface area (Å²) in [5.74, 6) is 0.400. The standard InChI is InChI=1S/C16H19NO3S/c1-2-3-4-7-10-20-13-9-6-5-8-12(13)11-14-15(18)17-16(19)21-14/h5-6,8-9,11H,2-4,7,10H2,1H3,(H,17,18,19)/b14-11+. The predicted octanol–water partition coefficient (Wildman–Crippen LogP) is 3.97. The lowest BCUT2D eigenvalue weighted by atomic mass is 10.2. The highest BCUT2D eigenvalue weighted by Gasteiger charge is 2.25. The number of amides is 2. The average molecular weight is 305 g/mol. The Kier molecular flexibility index (Phi) is 5.87. The Morgan fingerprint density at radius 2 is 2.00 bits per heavy atom. The molecule has 1 fully saturated rings. The van der Waals surface area contributed by atoms with E-state index in [4.69, 9.17) is 4.74 Å². The molecular formula is C16H19NO3S. The molecule has 0 atom stereocenters. The van der Waals surface area contributed by atoms with E-state index in [1.807, 2.05) is 24.3 Å². The van der Waals surface area contributed by atoms with E-state index in [-0.39, 0.29) is 11.1 Å². The Morgan fingerprint density at radius 3 is 2.71 bits per heavy atom. The fourth-order valence-electron chi connectivity index (χ4n) is 2.00. The highest BCUT2D eigenvalue weighted by molar-refractivity contribution is 8.18. The molecule has 2 amide bonds. The number of carbonyl (C=O) groups is 2. The van der Waals surface area contributed by atoms with Crippen LogP contribution in [0.4, 0.5) is 4.79 Å². The molecule has 112 valence electrons. The molecule has 1 aromatic rings. The zero-order valence-corrected chi connectivity index (χ0v) is 12.9. The van der Waals surface area contributed by atoms with Crippen molar-refractivity contribution >= 4 is 29.0 Å². The summed E-state index contributed by atoms with van der Waals surface area (Å²) in [6.07, 6.45) is 6.29. The first-order chi connectivity index (χ1) is 10.2. The van der Waals surface area contributed by atoms with Gasteiger partial charge in [-0.15, -0.1) is 0 Å². The highest BCUT2D eigenvalue weighted by atomic mass is 32.2. The van der Waals surface area contributed by atoms with Crippen molar-refractivity contribution < 1.29 is 14.3 Å². The van der Waals surface area contributed by atoms with Crippen molar-refractivity contribution in [3.05, 3.63) is 34.7 Å². The number of hydrogen-bond acceptors (Lipinski definition) is 4. The second-order valence-electron chi connectivity index (χ2n) is 4.80. The maximum Gasteiger partial charge on any atom is 0.290 e. The molecule has 21 heavy (non-hydrogen) atoms. The molecule has 0 radical (unpaired) electrons. The van der Waals surface area contributed by atoms with E-state index < -0.39 is 0 Å². The van der Waals surface area contributed by atoms with Gasteiger partial charge in [0.25, 0.3) is 11.1 Å². The number of nitrogens with one attached hydrogen (secondary N) is 1. The molecule has 1 heterocycles. The van der Waals surface area contributed by atoms with Crippen LogP contribution in [0.2, 0.25) is 0 Å². The summed E-state index contributed by atoms with van der Waals surface area (Å²) >= 11 is 0.918. The molecule has 0 aliphatic carbocycles. The smallest absolute Gasteiger partial charge is 0.290 e. The fourth-order valence-corrected chi connectivity index (χ4v) is 2.68. The Morgan fingerprint density at radius 1 is 1.19 bits per heavy atom. The minimum absolute atomic E-state index is 0.329. The summed E-state index contributed by atoms with van der Waals surface area (Å²) in [5, 5.41) is 1.92. The molecule has 1 aromatic carbocycles. The Labute approximate surface area is 128 Å². The number of hydrogen-bond donors (Lipinski definition) is 1. The number of thioether (sulfide) groups is 1. The SMILES string of the molecule is CCCCCCOc1ccccc1/C=C1/SC(=O)NC1=O. The first kappa shape index (κ1) is 15.6. The zero-order chi connectivity index (χ0) is 15.1. The van der Waals surface area contributed by atoms with Crippen molar-refractivity contribution in [2.24, 2.45) is 0 Å². The zero-order valence-electron chi connectivity index (χ0n) is 12.1. The van der Waals surface area contributed by atoms with Crippen LogP contribution in [0.3, 0.4) is 0 Å². The van der Waals surface area contributed by atoms with Gasteiger partial charge in [0.2, 0.25) is 0 Å². The highest BCUT2D eigenvalue weighted by Crippen LogP contribution is 2.29. The molecule has 1 aliphatic rings. The maximum atomic E-state index is 11.6. The normalized spacial score (nSPS) is 16.3. The van der Waals surface area contributed by atoms with Gasteiger partial charge in [-0.05, 0) is 30.3 Å². The van der Waals surface area contributed by atoms with Crippen LogP contribution in [0.1, 0.15) is 38.2 Å². The van der Waals surface area contributed by atoms with Crippen molar-refractivity contribution in [3.63, 3.8) is 0 Å². The van der Waals surface area contributed by atoms with Gasteiger partial charge < -0.3 is 4.74 Å². The van der Waals surface area contributed by atoms with Gasteiger partial charge in [-0.25, -0.2) is 0 Å². The van der Waals surface area contributed by atoms with Crippen molar-refractivity contribution in [2.45, 2.75) is 32.6 Å². The van der Waals surface area contributed by atoms with E-state index in [1.165, 1.54) is 12.8 Å². The monoisotopic (exact) mass is 305 g/mol. The molecule has 0 spiro atoms. The van der Waals surface area contributed by atoms with Crippen molar-refractivity contribution in [2.75, 3.05) is 6.61 Å². The lowest BCUT2D eigenvalue weighted by molar-refractivity contribution is -0.115. The largest absolute Gasteiger partial charge is 0.493 e. The molecule has 2 rings (SSSR count). The first-order valence-electron chi connectivity index (χ1n) is 7.17. The summed E-state index contributed by atoms with van der Waals surface area (Å²) in [6.45, 7) is 2.84. The molecule has 1 N–H and O–H groups in total. The Hall–Kier alpha value is -1.75. The van der Waals surface area contributed by atoms with Gasteiger partial charge in [-0.3, -0.25) is 14.9 Å². The molecule has 1 aliphatic heterocycles. The molecule has 4 nitrogen and oxygen atoms in total. The van der Waals surface area contributed by atoms with E-state index >= 15 is 0 Å². The van der Waals surface area contributed by atoms with E-state index in [9.17, 15) is 9.59 Å². The Balaban J connectivity index is 2.02. The van der Waals surface area contributed by atoms with Gasteiger partial charge in [-0.1, -0.05) is 44.4 Å². The van der Waals surface area contributed by atoms with E-state index in [1.54, 1.807) is 6.08 Å². The van der Waals surface area contributed by atoms with Crippen LogP contribution in [0, 0.1) is 0 Å². The summed E-state index contributed by atoms with van der Waals surface area (Å²) in [5.41, 5.74) is 0.820. The molecule has 0 unspecified atom stereocenters. The van der Waals surface area contributed by atoms with Crippen molar-refractivity contribution in [1.29, 1.82) is 0 Å². The quantitative estimate of drug-likeness (QED) is 0.612.